The molecule has 2 heterocycles. The van der Waals surface area contributed by atoms with Crippen LogP contribution in [0.3, 0.4) is 0 Å². The van der Waals surface area contributed by atoms with Crippen LogP contribution in [-0.2, 0) is 20.1 Å². The summed E-state index contributed by atoms with van der Waals surface area (Å²) in [5.41, 5.74) is 1.21. The number of pyridine rings is 1. The van der Waals surface area contributed by atoms with E-state index in [2.05, 4.69) is 9.98 Å². The Bertz CT molecular complexity index is 1240. The van der Waals surface area contributed by atoms with Crippen LogP contribution in [0.2, 0.25) is 0 Å². The van der Waals surface area contributed by atoms with Gasteiger partial charge >= 0.3 is 5.92 Å². The Kier molecular flexibility index (Phi) is 6.41. The van der Waals surface area contributed by atoms with Crippen LogP contribution in [-0.4, -0.2) is 43.1 Å². The number of alkyl halides is 2. The molecule has 2 N–H and O–H groups in total. The topological polar surface area (TPSA) is 94.6 Å². The number of hydrogen-bond acceptors (Lipinski definition) is 6. The van der Waals surface area contributed by atoms with Gasteiger partial charge < -0.3 is 10.5 Å². The minimum Gasteiger partial charge on any atom is -0.385 e. The molecule has 0 saturated carbocycles. The summed E-state index contributed by atoms with van der Waals surface area (Å²) in [6, 6.07) is 5.07. The molecule has 0 amide bonds. The van der Waals surface area contributed by atoms with Gasteiger partial charge in [0.05, 0.1) is 10.6 Å². The van der Waals surface area contributed by atoms with Gasteiger partial charge in [-0.1, -0.05) is 26.8 Å². The maximum atomic E-state index is 15.7. The zero-order chi connectivity index (χ0) is 25.7. The molecule has 0 unspecified atom stereocenters. The summed E-state index contributed by atoms with van der Waals surface area (Å²) in [6.45, 7) is 8.61. The SMILES string of the molecule is CC(C)(C)CS(=O)(=O)c1cncc(-c2ccc(F)c([C@@]3(C)N=C(N)COC(C)(C)C3(F)F)c2)c1. The van der Waals surface area contributed by atoms with E-state index in [0.29, 0.717) is 11.1 Å². The maximum Gasteiger partial charge on any atom is 0.304 e. The largest absolute Gasteiger partial charge is 0.385 e. The Balaban J connectivity index is 2.17. The zero-order valence-corrected chi connectivity index (χ0v) is 20.9. The van der Waals surface area contributed by atoms with E-state index < -0.39 is 38.1 Å². The monoisotopic (exact) mass is 497 g/mol. The van der Waals surface area contributed by atoms with Gasteiger partial charge in [0.2, 0.25) is 0 Å². The van der Waals surface area contributed by atoms with Gasteiger partial charge in [-0.15, -0.1) is 0 Å². The maximum absolute atomic E-state index is 15.7. The van der Waals surface area contributed by atoms with Gasteiger partial charge in [0.15, 0.2) is 15.4 Å². The molecule has 1 aliphatic heterocycles. The van der Waals surface area contributed by atoms with E-state index in [0.717, 1.165) is 13.0 Å². The Hall–Kier alpha value is -2.46. The van der Waals surface area contributed by atoms with Crippen molar-refractivity contribution in [1.29, 1.82) is 0 Å². The number of aromatic nitrogens is 1. The third-order valence-corrected chi connectivity index (χ3v) is 8.02. The molecule has 6 nitrogen and oxygen atoms in total. The van der Waals surface area contributed by atoms with Crippen molar-refractivity contribution in [2.45, 2.75) is 63.5 Å². The van der Waals surface area contributed by atoms with Crippen LogP contribution in [0.5, 0.6) is 0 Å². The Morgan fingerprint density at radius 2 is 1.74 bits per heavy atom. The number of halogens is 3. The number of nitrogens with zero attached hydrogens (tertiary/aromatic N) is 2. The highest BCUT2D eigenvalue weighted by Gasteiger charge is 2.63. The second-order valence-electron chi connectivity index (χ2n) is 10.5. The molecule has 1 aromatic heterocycles. The average Bonchev–Trinajstić information content (AvgIpc) is 2.76. The fourth-order valence-corrected chi connectivity index (χ4v) is 5.86. The van der Waals surface area contributed by atoms with E-state index in [9.17, 15) is 8.42 Å². The summed E-state index contributed by atoms with van der Waals surface area (Å²) in [5, 5.41) is 0. The molecule has 2 aromatic rings. The summed E-state index contributed by atoms with van der Waals surface area (Å²) in [5.74, 6) is -4.83. The molecule has 3 rings (SSSR count). The summed E-state index contributed by atoms with van der Waals surface area (Å²) in [6.07, 6.45) is 2.63. The Morgan fingerprint density at radius 3 is 2.35 bits per heavy atom. The number of benzene rings is 1. The van der Waals surface area contributed by atoms with Crippen molar-refractivity contribution in [3.8, 4) is 11.1 Å². The number of amidine groups is 1. The van der Waals surface area contributed by atoms with E-state index >= 15 is 13.2 Å². The van der Waals surface area contributed by atoms with Crippen molar-refractivity contribution in [2.24, 2.45) is 16.1 Å². The number of nitrogens with two attached hydrogens (primary N) is 1. The zero-order valence-electron chi connectivity index (χ0n) is 20.1. The van der Waals surface area contributed by atoms with Crippen LogP contribution < -0.4 is 5.73 Å². The number of ether oxygens (including phenoxy) is 1. The first-order valence-corrected chi connectivity index (χ1v) is 12.4. The van der Waals surface area contributed by atoms with Gasteiger partial charge in [-0.2, -0.15) is 0 Å². The first-order chi connectivity index (χ1) is 15.4. The van der Waals surface area contributed by atoms with Crippen molar-refractivity contribution < 1.29 is 26.3 Å². The molecule has 0 spiro atoms. The first-order valence-electron chi connectivity index (χ1n) is 10.7. The van der Waals surface area contributed by atoms with Crippen LogP contribution in [0.25, 0.3) is 11.1 Å². The summed E-state index contributed by atoms with van der Waals surface area (Å²) >= 11 is 0. The van der Waals surface area contributed by atoms with Gasteiger partial charge in [0.25, 0.3) is 0 Å². The van der Waals surface area contributed by atoms with Crippen LogP contribution in [0.1, 0.15) is 47.1 Å². The van der Waals surface area contributed by atoms with Crippen molar-refractivity contribution in [3.05, 3.63) is 48.0 Å². The molecule has 10 heteroatoms. The minimum absolute atomic E-state index is 0.00592. The summed E-state index contributed by atoms with van der Waals surface area (Å²) in [4.78, 5) is 8.01. The van der Waals surface area contributed by atoms with Crippen LogP contribution in [0, 0.1) is 11.2 Å². The van der Waals surface area contributed by atoms with E-state index in [-0.39, 0.29) is 28.7 Å². The Labute approximate surface area is 198 Å². The number of rotatable bonds is 4. The smallest absolute Gasteiger partial charge is 0.304 e. The fourth-order valence-electron chi connectivity index (χ4n) is 4.03. The molecular weight excluding hydrogens is 467 g/mol. The molecule has 0 radical (unpaired) electrons. The molecule has 34 heavy (non-hydrogen) atoms. The predicted molar refractivity (Wildman–Crippen MR) is 125 cm³/mol. The van der Waals surface area contributed by atoms with E-state index in [4.69, 9.17) is 10.5 Å². The molecule has 0 bridgehead atoms. The highest BCUT2D eigenvalue weighted by Crippen LogP contribution is 2.51. The standard InChI is InChI=1S/C24H30F3N3O3S/c1-21(2,3)14-34(31,32)17-9-16(11-29-12-17)15-7-8-19(25)18(10-15)23(6)24(26,27)22(4,5)33-13-20(28)30-23/h7-12H,13-14H2,1-6H3,(H2,28,30)/t23-/m1/s1. The fraction of sp³-hybridized carbons (Fsp3) is 0.500. The number of aliphatic imine (C=N–C) groups is 1. The van der Waals surface area contributed by atoms with Gasteiger partial charge in [-0.3, -0.25) is 9.98 Å². The third kappa shape index (κ3) is 4.70. The van der Waals surface area contributed by atoms with Gasteiger partial charge in [-0.05, 0) is 49.9 Å². The molecule has 0 saturated heterocycles. The van der Waals surface area contributed by atoms with Crippen molar-refractivity contribution in [3.63, 3.8) is 0 Å². The second-order valence-corrected chi connectivity index (χ2v) is 12.5. The van der Waals surface area contributed by atoms with Crippen molar-refractivity contribution in [2.75, 3.05) is 12.4 Å². The second kappa shape index (κ2) is 8.34. The van der Waals surface area contributed by atoms with Gasteiger partial charge in [0, 0.05) is 23.5 Å². The molecule has 1 aliphatic rings. The first kappa shape index (κ1) is 26.2. The molecule has 0 fully saturated rings. The summed E-state index contributed by atoms with van der Waals surface area (Å²) in [7, 11) is -3.66. The lowest BCUT2D eigenvalue weighted by Gasteiger charge is -2.42. The van der Waals surface area contributed by atoms with Crippen LogP contribution in [0.15, 0.2) is 46.5 Å². The highest BCUT2D eigenvalue weighted by atomic mass is 32.2. The molecule has 0 aliphatic carbocycles. The average molecular weight is 498 g/mol. The van der Waals surface area contributed by atoms with Crippen molar-refractivity contribution in [1.82, 2.24) is 4.98 Å². The van der Waals surface area contributed by atoms with Gasteiger partial charge in [0.1, 0.15) is 23.9 Å². The van der Waals surface area contributed by atoms with E-state index in [1.54, 1.807) is 20.8 Å². The lowest BCUT2D eigenvalue weighted by molar-refractivity contribution is -0.214. The van der Waals surface area contributed by atoms with Crippen LogP contribution >= 0.6 is 0 Å². The van der Waals surface area contributed by atoms with E-state index in [1.807, 2.05) is 0 Å². The summed E-state index contributed by atoms with van der Waals surface area (Å²) < 4.78 is 77.4. The number of sulfone groups is 1. The highest BCUT2D eigenvalue weighted by molar-refractivity contribution is 7.91. The quantitative estimate of drug-likeness (QED) is 0.659. The Morgan fingerprint density at radius 1 is 1.09 bits per heavy atom. The normalized spacial score (nSPS) is 22.7. The minimum atomic E-state index is -3.66. The molecule has 1 aromatic carbocycles. The predicted octanol–water partition coefficient (Wildman–Crippen LogP) is 4.72. The van der Waals surface area contributed by atoms with Crippen molar-refractivity contribution >= 4 is 15.7 Å². The van der Waals surface area contributed by atoms with Crippen LogP contribution in [0.4, 0.5) is 13.2 Å². The van der Waals surface area contributed by atoms with E-state index in [1.165, 1.54) is 44.4 Å². The lowest BCUT2D eigenvalue weighted by Crippen LogP contribution is -2.56. The number of hydrogen-bond donors (Lipinski definition) is 1. The van der Waals surface area contributed by atoms with Gasteiger partial charge in [-0.25, -0.2) is 21.6 Å². The lowest BCUT2D eigenvalue weighted by atomic mass is 9.77. The molecular formula is C24H30F3N3O3S. The third-order valence-electron chi connectivity index (χ3n) is 5.84. The molecule has 186 valence electrons. The molecule has 1 atom stereocenters.